The Labute approximate surface area is 242 Å². The fourth-order valence-electron chi connectivity index (χ4n) is 7.37. The lowest BCUT2D eigenvalue weighted by Gasteiger charge is -2.36. The molecular formula is C34H41N3O4. The Morgan fingerprint density at radius 3 is 2.46 bits per heavy atom. The molecule has 1 aliphatic carbocycles. The Kier molecular flexibility index (Phi) is 7.49. The Morgan fingerprint density at radius 1 is 1.02 bits per heavy atom. The number of nitrogens with zero attached hydrogens (tertiary/aromatic N) is 1. The first kappa shape index (κ1) is 27.7. The number of anilines is 1. The van der Waals surface area contributed by atoms with E-state index in [0.29, 0.717) is 30.5 Å². The molecule has 1 saturated carbocycles. The molecule has 3 fully saturated rings. The summed E-state index contributed by atoms with van der Waals surface area (Å²) in [6, 6.07) is 17.1. The lowest BCUT2D eigenvalue weighted by molar-refractivity contribution is -0.141. The van der Waals surface area contributed by atoms with Crippen molar-refractivity contribution in [1.29, 1.82) is 0 Å². The third-order valence-electron chi connectivity index (χ3n) is 9.69. The smallest absolute Gasteiger partial charge is 0.246 e. The highest BCUT2D eigenvalue weighted by Gasteiger charge is 2.72. The van der Waals surface area contributed by atoms with Crippen LogP contribution < -0.4 is 10.6 Å². The molecule has 3 amide bonds. The molecule has 6 rings (SSSR count). The van der Waals surface area contributed by atoms with Gasteiger partial charge in [-0.2, -0.15) is 0 Å². The van der Waals surface area contributed by atoms with Crippen molar-refractivity contribution in [2.45, 2.75) is 82.6 Å². The summed E-state index contributed by atoms with van der Waals surface area (Å²) < 4.78 is 6.51. The van der Waals surface area contributed by atoms with Crippen molar-refractivity contribution in [2.24, 2.45) is 17.8 Å². The number of fused-ring (bicyclic) bond motifs is 1. The predicted molar refractivity (Wildman–Crippen MR) is 158 cm³/mol. The minimum absolute atomic E-state index is 0.0771. The molecule has 7 atom stereocenters. The van der Waals surface area contributed by atoms with Crippen LogP contribution in [0.2, 0.25) is 0 Å². The average Bonchev–Trinajstić information content (AvgIpc) is 3.61. The van der Waals surface area contributed by atoms with Gasteiger partial charge in [0.05, 0.1) is 17.9 Å². The number of hydrogen-bond donors (Lipinski definition) is 2. The first-order chi connectivity index (χ1) is 19.8. The van der Waals surface area contributed by atoms with Crippen LogP contribution in [0.1, 0.15) is 63.5 Å². The minimum atomic E-state index is -1.15. The van der Waals surface area contributed by atoms with Gasteiger partial charge in [0.15, 0.2) is 0 Å². The van der Waals surface area contributed by atoms with Crippen molar-refractivity contribution in [2.75, 3.05) is 11.9 Å². The quantitative estimate of drug-likeness (QED) is 0.457. The molecule has 0 aromatic heterocycles. The lowest BCUT2D eigenvalue weighted by atomic mass is 9.74. The number of nitrogens with one attached hydrogen (secondary N) is 2. The molecule has 41 heavy (non-hydrogen) atoms. The zero-order chi connectivity index (χ0) is 28.7. The van der Waals surface area contributed by atoms with Gasteiger partial charge < -0.3 is 20.3 Å². The number of carbonyl (C=O) groups excluding carboxylic acids is 3. The standard InChI is InChI=1S/C34H41N3O4/c1-21(2)24-13-15-25(16-14-24)35-31(38)28-27-17-19-34(41-27)29(28)33(40)37(20-18-23-10-5-4-6-11-23)30(34)32(39)36-26-12-8-7-9-22(26)3/h4-6,10-11,13-17,19,21-22,26-30H,7-9,12,18,20H2,1-3H3,(H,35,38)(H,36,39)/t22-,26-,27-,28+,29-,30-,34-/m1/s1. The second kappa shape index (κ2) is 11.1. The normalized spacial score (nSPS) is 31.9. The van der Waals surface area contributed by atoms with Gasteiger partial charge in [0.1, 0.15) is 11.6 Å². The summed E-state index contributed by atoms with van der Waals surface area (Å²) in [4.78, 5) is 43.7. The number of carbonyl (C=O) groups is 3. The molecule has 7 heteroatoms. The van der Waals surface area contributed by atoms with Crippen molar-refractivity contribution in [1.82, 2.24) is 10.2 Å². The van der Waals surface area contributed by atoms with Crippen molar-refractivity contribution in [3.63, 3.8) is 0 Å². The Bertz CT molecular complexity index is 1320. The highest BCUT2D eigenvalue weighted by Crippen LogP contribution is 2.55. The Hall–Kier alpha value is -3.45. The molecule has 2 N–H and O–H groups in total. The summed E-state index contributed by atoms with van der Waals surface area (Å²) >= 11 is 0. The van der Waals surface area contributed by atoms with Crippen molar-refractivity contribution in [3.8, 4) is 0 Å². The zero-order valence-corrected chi connectivity index (χ0v) is 24.2. The van der Waals surface area contributed by atoms with Gasteiger partial charge in [-0.1, -0.05) is 88.2 Å². The van der Waals surface area contributed by atoms with E-state index in [-0.39, 0.29) is 23.8 Å². The van der Waals surface area contributed by atoms with Crippen LogP contribution in [0.3, 0.4) is 0 Å². The van der Waals surface area contributed by atoms with E-state index in [1.165, 1.54) is 12.0 Å². The highest BCUT2D eigenvalue weighted by atomic mass is 16.5. The Morgan fingerprint density at radius 2 is 1.76 bits per heavy atom. The van der Waals surface area contributed by atoms with Crippen LogP contribution in [0.25, 0.3) is 0 Å². The fraction of sp³-hybridized carbons (Fsp3) is 0.500. The summed E-state index contributed by atoms with van der Waals surface area (Å²) in [7, 11) is 0. The van der Waals surface area contributed by atoms with Gasteiger partial charge in [-0.15, -0.1) is 0 Å². The monoisotopic (exact) mass is 555 g/mol. The zero-order valence-electron chi connectivity index (χ0n) is 24.2. The molecule has 7 nitrogen and oxygen atoms in total. The molecule has 3 aliphatic heterocycles. The average molecular weight is 556 g/mol. The van der Waals surface area contributed by atoms with Crippen molar-refractivity contribution < 1.29 is 19.1 Å². The highest BCUT2D eigenvalue weighted by molar-refractivity contribution is 6.02. The van der Waals surface area contributed by atoms with Crippen molar-refractivity contribution in [3.05, 3.63) is 77.9 Å². The predicted octanol–water partition coefficient (Wildman–Crippen LogP) is 4.84. The van der Waals surface area contributed by atoms with Gasteiger partial charge in [0.25, 0.3) is 0 Å². The SMILES string of the molecule is CC(C)c1ccc(NC(=O)[C@H]2[C@H]3C=C[C@@]4(O3)[C@H]2C(=O)N(CCc2ccccc2)[C@@H]4C(=O)N[C@@H]2CCCC[C@H]2C)cc1. The number of amides is 3. The first-order valence-electron chi connectivity index (χ1n) is 15.2. The van der Waals surface area contributed by atoms with E-state index in [9.17, 15) is 14.4 Å². The molecule has 2 saturated heterocycles. The molecular weight excluding hydrogens is 514 g/mol. The van der Waals surface area contributed by atoms with Gasteiger partial charge >= 0.3 is 0 Å². The lowest BCUT2D eigenvalue weighted by Crippen LogP contribution is -2.57. The summed E-state index contributed by atoms with van der Waals surface area (Å²) in [6.07, 6.45) is 8.12. The first-order valence-corrected chi connectivity index (χ1v) is 15.2. The van der Waals surface area contributed by atoms with E-state index in [1.54, 1.807) is 4.90 Å². The van der Waals surface area contributed by atoms with E-state index in [4.69, 9.17) is 4.74 Å². The van der Waals surface area contributed by atoms with Crippen LogP contribution in [-0.2, 0) is 25.5 Å². The minimum Gasteiger partial charge on any atom is -0.359 e. The van der Waals surface area contributed by atoms with E-state index < -0.39 is 29.6 Å². The van der Waals surface area contributed by atoms with Gasteiger partial charge in [-0.3, -0.25) is 14.4 Å². The van der Waals surface area contributed by atoms with Crippen LogP contribution in [0.15, 0.2) is 66.7 Å². The number of benzene rings is 2. The summed E-state index contributed by atoms with van der Waals surface area (Å²) in [6.45, 7) is 6.82. The van der Waals surface area contributed by atoms with Gasteiger partial charge in [-0.05, 0) is 54.4 Å². The van der Waals surface area contributed by atoms with Gasteiger partial charge in [-0.25, -0.2) is 0 Å². The van der Waals surface area contributed by atoms with E-state index in [0.717, 1.165) is 24.8 Å². The number of ether oxygens (including phenoxy) is 1. The van der Waals surface area contributed by atoms with Crippen LogP contribution in [-0.4, -0.2) is 53.0 Å². The number of likely N-dealkylation sites (tertiary alicyclic amines) is 1. The topological polar surface area (TPSA) is 87.7 Å². The molecule has 1 spiro atoms. The van der Waals surface area contributed by atoms with E-state index in [2.05, 4.69) is 31.4 Å². The second-order valence-electron chi connectivity index (χ2n) is 12.6. The molecule has 4 aliphatic rings. The number of rotatable bonds is 8. The molecule has 0 unspecified atom stereocenters. The van der Waals surface area contributed by atoms with Gasteiger partial charge in [0.2, 0.25) is 17.7 Å². The second-order valence-corrected chi connectivity index (χ2v) is 12.6. The third kappa shape index (κ3) is 4.99. The molecule has 2 aromatic carbocycles. The number of hydrogen-bond acceptors (Lipinski definition) is 4. The fourth-order valence-corrected chi connectivity index (χ4v) is 7.37. The van der Waals surface area contributed by atoms with E-state index >= 15 is 0 Å². The molecule has 0 radical (unpaired) electrons. The summed E-state index contributed by atoms with van der Waals surface area (Å²) in [5.41, 5.74) is 1.82. The molecule has 2 aromatic rings. The summed E-state index contributed by atoms with van der Waals surface area (Å²) in [5, 5.41) is 6.33. The maximum atomic E-state index is 14.2. The summed E-state index contributed by atoms with van der Waals surface area (Å²) in [5.74, 6) is -1.29. The molecule has 3 heterocycles. The third-order valence-corrected chi connectivity index (χ3v) is 9.69. The largest absolute Gasteiger partial charge is 0.359 e. The van der Waals surface area contributed by atoms with Crippen LogP contribution in [0.5, 0.6) is 0 Å². The van der Waals surface area contributed by atoms with E-state index in [1.807, 2.05) is 66.7 Å². The maximum Gasteiger partial charge on any atom is 0.246 e. The van der Waals surface area contributed by atoms with Crippen LogP contribution in [0, 0.1) is 17.8 Å². The van der Waals surface area contributed by atoms with Crippen LogP contribution in [0.4, 0.5) is 5.69 Å². The van der Waals surface area contributed by atoms with Gasteiger partial charge in [0, 0.05) is 18.3 Å². The van der Waals surface area contributed by atoms with Crippen LogP contribution >= 0.6 is 0 Å². The van der Waals surface area contributed by atoms with Crippen molar-refractivity contribution >= 4 is 23.4 Å². The molecule has 216 valence electrons. The Balaban J connectivity index is 1.28. The maximum absolute atomic E-state index is 14.2. The molecule has 2 bridgehead atoms.